The van der Waals surface area contributed by atoms with Gasteiger partial charge in [-0.25, -0.2) is 0 Å². The highest BCUT2D eigenvalue weighted by molar-refractivity contribution is 6.39. The fraction of sp³-hybridized carbons (Fsp3) is 0.222. The molecule has 0 radical (unpaired) electrons. The summed E-state index contributed by atoms with van der Waals surface area (Å²) in [6, 6.07) is 15.0. The van der Waals surface area contributed by atoms with Gasteiger partial charge in [0.05, 0.1) is 0 Å². The summed E-state index contributed by atoms with van der Waals surface area (Å²) in [4.78, 5) is 23.7. The predicted molar refractivity (Wildman–Crippen MR) is 89.0 cm³/mol. The van der Waals surface area contributed by atoms with Gasteiger partial charge in [0.1, 0.15) is 0 Å². The average molecular weight is 326 g/mol. The molecule has 1 aliphatic heterocycles. The Morgan fingerprint density at radius 1 is 0.958 bits per heavy atom. The lowest BCUT2D eigenvalue weighted by atomic mass is 10.1. The molecule has 3 rings (SSSR count). The molecule has 1 heterocycles. The third-order valence-corrected chi connectivity index (χ3v) is 3.61. The lowest BCUT2D eigenvalue weighted by Crippen LogP contribution is -2.36. The van der Waals surface area contributed by atoms with E-state index in [-0.39, 0.29) is 6.79 Å². The van der Waals surface area contributed by atoms with Crippen LogP contribution in [0.25, 0.3) is 0 Å². The number of nitrogens with one attached hydrogen (secondary N) is 2. The first-order valence-corrected chi connectivity index (χ1v) is 7.75. The minimum absolute atomic E-state index is 0.161. The van der Waals surface area contributed by atoms with Crippen molar-refractivity contribution in [1.82, 2.24) is 5.32 Å². The van der Waals surface area contributed by atoms with E-state index in [1.165, 1.54) is 5.56 Å². The first kappa shape index (κ1) is 15.9. The molecule has 2 aromatic carbocycles. The topological polar surface area (TPSA) is 76.7 Å². The minimum atomic E-state index is -0.700. The van der Waals surface area contributed by atoms with Gasteiger partial charge < -0.3 is 20.1 Å². The van der Waals surface area contributed by atoms with E-state index in [0.717, 1.165) is 12.8 Å². The van der Waals surface area contributed by atoms with Crippen molar-refractivity contribution < 1.29 is 19.1 Å². The highest BCUT2D eigenvalue weighted by Gasteiger charge is 2.17. The van der Waals surface area contributed by atoms with E-state index in [2.05, 4.69) is 10.6 Å². The highest BCUT2D eigenvalue weighted by atomic mass is 16.7. The van der Waals surface area contributed by atoms with E-state index in [0.29, 0.717) is 23.7 Å². The Labute approximate surface area is 139 Å². The summed E-state index contributed by atoms with van der Waals surface area (Å²) >= 11 is 0. The zero-order valence-electron chi connectivity index (χ0n) is 13.1. The van der Waals surface area contributed by atoms with Crippen molar-refractivity contribution in [3.8, 4) is 11.5 Å². The molecular formula is C18H18N2O4. The zero-order chi connectivity index (χ0) is 16.8. The molecule has 1 aliphatic rings. The Morgan fingerprint density at radius 3 is 2.58 bits per heavy atom. The van der Waals surface area contributed by atoms with Crippen LogP contribution in [0.2, 0.25) is 0 Å². The monoisotopic (exact) mass is 326 g/mol. The van der Waals surface area contributed by atoms with Crippen LogP contribution in [0.1, 0.15) is 12.0 Å². The van der Waals surface area contributed by atoms with Crippen LogP contribution in [0, 0.1) is 0 Å². The van der Waals surface area contributed by atoms with Gasteiger partial charge in [-0.15, -0.1) is 0 Å². The van der Waals surface area contributed by atoms with E-state index >= 15 is 0 Å². The van der Waals surface area contributed by atoms with Crippen LogP contribution in [0.4, 0.5) is 5.69 Å². The summed E-state index contributed by atoms with van der Waals surface area (Å²) in [5, 5.41) is 5.16. The predicted octanol–water partition coefficient (Wildman–Crippen LogP) is 2.10. The number of hydrogen-bond donors (Lipinski definition) is 2. The smallest absolute Gasteiger partial charge is 0.313 e. The Morgan fingerprint density at radius 2 is 1.75 bits per heavy atom. The molecule has 2 aromatic rings. The van der Waals surface area contributed by atoms with Gasteiger partial charge in [-0.05, 0) is 30.5 Å². The fourth-order valence-electron chi connectivity index (χ4n) is 2.38. The molecule has 0 aromatic heterocycles. The van der Waals surface area contributed by atoms with Gasteiger partial charge in [0.2, 0.25) is 6.79 Å². The molecule has 124 valence electrons. The summed E-state index contributed by atoms with van der Waals surface area (Å²) in [5.74, 6) is -0.177. The van der Waals surface area contributed by atoms with Gasteiger partial charge >= 0.3 is 11.8 Å². The van der Waals surface area contributed by atoms with E-state index in [1.54, 1.807) is 18.2 Å². The maximum Gasteiger partial charge on any atom is 0.313 e. The molecule has 0 fully saturated rings. The number of hydrogen-bond acceptors (Lipinski definition) is 4. The van der Waals surface area contributed by atoms with E-state index < -0.39 is 11.8 Å². The van der Waals surface area contributed by atoms with Gasteiger partial charge in [-0.2, -0.15) is 0 Å². The third-order valence-electron chi connectivity index (χ3n) is 3.61. The largest absolute Gasteiger partial charge is 0.454 e. The van der Waals surface area contributed by atoms with Gasteiger partial charge in [-0.1, -0.05) is 30.3 Å². The average Bonchev–Trinajstić information content (AvgIpc) is 3.07. The van der Waals surface area contributed by atoms with Gasteiger partial charge in [-0.3, -0.25) is 9.59 Å². The molecule has 0 atom stereocenters. The number of benzene rings is 2. The Kier molecular flexibility index (Phi) is 4.96. The van der Waals surface area contributed by atoms with Crippen molar-refractivity contribution in [3.05, 3.63) is 54.1 Å². The number of ether oxygens (including phenoxy) is 2. The summed E-state index contributed by atoms with van der Waals surface area (Å²) < 4.78 is 10.4. The fourth-order valence-corrected chi connectivity index (χ4v) is 2.38. The summed E-state index contributed by atoms with van der Waals surface area (Å²) in [7, 11) is 0. The van der Waals surface area contributed by atoms with Crippen LogP contribution in [-0.4, -0.2) is 25.2 Å². The number of fused-ring (bicyclic) bond motifs is 1. The second kappa shape index (κ2) is 7.50. The summed E-state index contributed by atoms with van der Waals surface area (Å²) in [5.41, 5.74) is 1.69. The summed E-state index contributed by atoms with van der Waals surface area (Å²) in [6.45, 7) is 0.608. The standard InChI is InChI=1S/C18H18N2O4/c21-17(19-10-4-7-13-5-2-1-3-6-13)18(22)20-14-8-9-15-16(11-14)24-12-23-15/h1-3,5-6,8-9,11H,4,7,10,12H2,(H,19,21)(H,20,22). The van der Waals surface area contributed by atoms with Crippen molar-refractivity contribution in [2.45, 2.75) is 12.8 Å². The molecule has 0 saturated carbocycles. The second-order valence-electron chi connectivity index (χ2n) is 5.37. The molecule has 0 unspecified atom stereocenters. The first-order valence-electron chi connectivity index (χ1n) is 7.75. The number of carbonyl (C=O) groups excluding carboxylic acids is 2. The molecular weight excluding hydrogens is 308 g/mol. The highest BCUT2D eigenvalue weighted by Crippen LogP contribution is 2.34. The SMILES string of the molecule is O=C(NCCCc1ccccc1)C(=O)Nc1ccc2c(c1)OCO2. The number of carbonyl (C=O) groups is 2. The zero-order valence-corrected chi connectivity index (χ0v) is 13.1. The van der Waals surface area contributed by atoms with Crippen LogP contribution in [-0.2, 0) is 16.0 Å². The third kappa shape index (κ3) is 4.04. The van der Waals surface area contributed by atoms with Crippen molar-refractivity contribution in [1.29, 1.82) is 0 Å². The number of rotatable bonds is 5. The Balaban J connectivity index is 1.42. The number of anilines is 1. The molecule has 0 bridgehead atoms. The van der Waals surface area contributed by atoms with Gasteiger partial charge in [0.25, 0.3) is 0 Å². The molecule has 24 heavy (non-hydrogen) atoms. The molecule has 0 spiro atoms. The lowest BCUT2D eigenvalue weighted by Gasteiger charge is -2.07. The normalized spacial score (nSPS) is 11.8. The van der Waals surface area contributed by atoms with Crippen molar-refractivity contribution >= 4 is 17.5 Å². The van der Waals surface area contributed by atoms with Crippen LogP contribution >= 0.6 is 0 Å². The number of aryl methyl sites for hydroxylation is 1. The molecule has 2 amide bonds. The second-order valence-corrected chi connectivity index (χ2v) is 5.37. The molecule has 0 saturated heterocycles. The minimum Gasteiger partial charge on any atom is -0.454 e. The van der Waals surface area contributed by atoms with E-state index in [9.17, 15) is 9.59 Å². The van der Waals surface area contributed by atoms with Crippen molar-refractivity contribution in [2.75, 3.05) is 18.7 Å². The van der Waals surface area contributed by atoms with Crippen molar-refractivity contribution in [3.63, 3.8) is 0 Å². The molecule has 6 nitrogen and oxygen atoms in total. The van der Waals surface area contributed by atoms with Crippen LogP contribution in [0.5, 0.6) is 11.5 Å². The van der Waals surface area contributed by atoms with Gasteiger partial charge in [0.15, 0.2) is 11.5 Å². The Bertz CT molecular complexity index is 731. The number of amides is 2. The van der Waals surface area contributed by atoms with Crippen LogP contribution < -0.4 is 20.1 Å². The first-order chi connectivity index (χ1) is 11.7. The summed E-state index contributed by atoms with van der Waals surface area (Å²) in [6.07, 6.45) is 1.62. The molecule has 2 N–H and O–H groups in total. The van der Waals surface area contributed by atoms with Crippen LogP contribution in [0.15, 0.2) is 48.5 Å². The van der Waals surface area contributed by atoms with Gasteiger partial charge in [0, 0.05) is 18.3 Å². The maximum absolute atomic E-state index is 11.9. The molecule has 6 heteroatoms. The Hall–Kier alpha value is -3.02. The quantitative estimate of drug-likeness (QED) is 0.652. The van der Waals surface area contributed by atoms with E-state index in [4.69, 9.17) is 9.47 Å². The van der Waals surface area contributed by atoms with Crippen LogP contribution in [0.3, 0.4) is 0 Å². The van der Waals surface area contributed by atoms with Crippen molar-refractivity contribution in [2.24, 2.45) is 0 Å². The lowest BCUT2D eigenvalue weighted by molar-refractivity contribution is -0.136. The molecule has 0 aliphatic carbocycles. The maximum atomic E-state index is 11.9. The van der Waals surface area contributed by atoms with E-state index in [1.807, 2.05) is 30.3 Å².